The maximum absolute atomic E-state index is 13.4. The standard InChI is InChI=1S/C25H34N4O7S/c1-16-13-29(17(2)15-30)24(31)21-12-19(27-37(5,33)34)8-11-22(21)36-23(16)14-28(3)25(32)26-18-6-9-20(35-4)10-7-18/h6-12,16-17,23,27,30H,13-15H2,1-5H3,(H,26,32)/t16-,17-,23-/m1/s1. The van der Waals surface area contributed by atoms with Gasteiger partial charge in [-0.3, -0.25) is 9.52 Å². The molecule has 0 bridgehead atoms. The molecule has 2 aromatic carbocycles. The molecule has 0 fully saturated rings. The summed E-state index contributed by atoms with van der Waals surface area (Å²) in [7, 11) is -0.351. The minimum atomic E-state index is -3.56. The van der Waals surface area contributed by atoms with Crippen LogP contribution in [0.3, 0.4) is 0 Å². The lowest BCUT2D eigenvalue weighted by molar-refractivity contribution is 0.0371. The van der Waals surface area contributed by atoms with Gasteiger partial charge in [0.2, 0.25) is 10.0 Å². The Balaban J connectivity index is 1.86. The van der Waals surface area contributed by atoms with E-state index < -0.39 is 22.2 Å². The lowest BCUT2D eigenvalue weighted by Crippen LogP contribution is -2.50. The van der Waals surface area contributed by atoms with Gasteiger partial charge in [0.25, 0.3) is 5.91 Å². The molecule has 1 aliphatic rings. The predicted octanol–water partition coefficient (Wildman–Crippen LogP) is 2.45. The number of amides is 3. The first kappa shape index (κ1) is 28.1. The van der Waals surface area contributed by atoms with Crippen LogP contribution in [0.5, 0.6) is 11.5 Å². The molecule has 1 heterocycles. The molecule has 3 N–H and O–H groups in total. The van der Waals surface area contributed by atoms with Crippen molar-refractivity contribution in [2.75, 3.05) is 50.1 Å². The van der Waals surface area contributed by atoms with E-state index in [0.29, 0.717) is 11.4 Å². The monoisotopic (exact) mass is 534 g/mol. The number of hydrogen-bond donors (Lipinski definition) is 3. The number of nitrogens with one attached hydrogen (secondary N) is 2. The number of fused-ring (bicyclic) bond motifs is 1. The molecule has 0 unspecified atom stereocenters. The third-order valence-corrected chi connectivity index (χ3v) is 6.72. The smallest absolute Gasteiger partial charge is 0.321 e. The minimum Gasteiger partial charge on any atom is -0.497 e. The number of aliphatic hydroxyl groups excluding tert-OH is 1. The number of likely N-dealkylation sites (N-methyl/N-ethyl adjacent to an activating group) is 1. The average Bonchev–Trinajstić information content (AvgIpc) is 2.85. The number of anilines is 2. The van der Waals surface area contributed by atoms with Crippen LogP contribution in [0.4, 0.5) is 16.2 Å². The maximum atomic E-state index is 13.4. The molecular weight excluding hydrogens is 500 g/mol. The molecule has 3 rings (SSSR count). The Kier molecular flexibility index (Phi) is 8.87. The number of ether oxygens (including phenoxy) is 2. The maximum Gasteiger partial charge on any atom is 0.321 e. The van der Waals surface area contributed by atoms with Gasteiger partial charge in [0.15, 0.2) is 0 Å². The Labute approximate surface area is 217 Å². The Bertz CT molecular complexity index is 1220. The van der Waals surface area contributed by atoms with Gasteiger partial charge in [-0.2, -0.15) is 0 Å². The molecule has 0 saturated heterocycles. The van der Waals surface area contributed by atoms with Crippen LogP contribution in [0.15, 0.2) is 42.5 Å². The first-order valence-corrected chi connectivity index (χ1v) is 13.7. The van der Waals surface area contributed by atoms with Crippen molar-refractivity contribution < 1.29 is 32.6 Å². The fourth-order valence-corrected chi connectivity index (χ4v) is 4.52. The molecule has 12 heteroatoms. The summed E-state index contributed by atoms with van der Waals surface area (Å²) in [6, 6.07) is 10.6. The lowest BCUT2D eigenvalue weighted by Gasteiger charge is -2.38. The van der Waals surface area contributed by atoms with E-state index in [1.54, 1.807) is 50.2 Å². The molecule has 0 spiro atoms. The summed E-state index contributed by atoms with van der Waals surface area (Å²) in [4.78, 5) is 29.3. The molecule has 1 aliphatic heterocycles. The van der Waals surface area contributed by atoms with Crippen molar-refractivity contribution in [2.45, 2.75) is 26.0 Å². The highest BCUT2D eigenvalue weighted by Crippen LogP contribution is 2.31. The number of sulfonamides is 1. The van der Waals surface area contributed by atoms with Crippen LogP contribution in [-0.2, 0) is 10.0 Å². The normalized spacial score (nSPS) is 18.5. The molecule has 0 aromatic heterocycles. The zero-order chi connectivity index (χ0) is 27.3. The highest BCUT2D eigenvalue weighted by molar-refractivity contribution is 7.92. The Morgan fingerprint density at radius 1 is 1.24 bits per heavy atom. The highest BCUT2D eigenvalue weighted by atomic mass is 32.2. The van der Waals surface area contributed by atoms with Gasteiger partial charge < -0.3 is 29.7 Å². The fraction of sp³-hybridized carbons (Fsp3) is 0.440. The number of benzene rings is 2. The number of rotatable bonds is 8. The fourth-order valence-electron chi connectivity index (χ4n) is 3.96. The van der Waals surface area contributed by atoms with E-state index >= 15 is 0 Å². The second-order valence-electron chi connectivity index (χ2n) is 9.25. The Morgan fingerprint density at radius 3 is 2.49 bits per heavy atom. The van der Waals surface area contributed by atoms with E-state index in [1.165, 1.54) is 23.1 Å². The van der Waals surface area contributed by atoms with Crippen molar-refractivity contribution in [1.29, 1.82) is 0 Å². The summed E-state index contributed by atoms with van der Waals surface area (Å²) in [6.45, 7) is 3.87. The van der Waals surface area contributed by atoms with Gasteiger partial charge >= 0.3 is 6.03 Å². The number of carbonyl (C=O) groups is 2. The van der Waals surface area contributed by atoms with Gasteiger partial charge in [-0.05, 0) is 49.4 Å². The summed E-state index contributed by atoms with van der Waals surface area (Å²) >= 11 is 0. The molecule has 3 atom stereocenters. The van der Waals surface area contributed by atoms with Crippen molar-refractivity contribution in [1.82, 2.24) is 9.80 Å². The number of carbonyl (C=O) groups excluding carboxylic acids is 2. The zero-order valence-electron chi connectivity index (χ0n) is 21.6. The predicted molar refractivity (Wildman–Crippen MR) is 141 cm³/mol. The molecule has 202 valence electrons. The van der Waals surface area contributed by atoms with Crippen LogP contribution in [0.1, 0.15) is 24.2 Å². The van der Waals surface area contributed by atoms with E-state index in [0.717, 1.165) is 6.26 Å². The van der Waals surface area contributed by atoms with E-state index in [2.05, 4.69) is 10.0 Å². The Hall–Kier alpha value is -3.51. The summed E-state index contributed by atoms with van der Waals surface area (Å²) in [6.07, 6.45) is 0.521. The summed E-state index contributed by atoms with van der Waals surface area (Å²) < 4.78 is 37.2. The second kappa shape index (κ2) is 11.7. The van der Waals surface area contributed by atoms with Crippen LogP contribution < -0.4 is 19.5 Å². The Morgan fingerprint density at radius 2 is 1.89 bits per heavy atom. The van der Waals surface area contributed by atoms with E-state index in [9.17, 15) is 23.1 Å². The van der Waals surface area contributed by atoms with Crippen LogP contribution in [-0.4, -0.2) is 87.5 Å². The lowest BCUT2D eigenvalue weighted by atomic mass is 9.99. The minimum absolute atomic E-state index is 0.163. The molecule has 0 saturated carbocycles. The van der Waals surface area contributed by atoms with Crippen LogP contribution in [0, 0.1) is 5.92 Å². The van der Waals surface area contributed by atoms with Crippen LogP contribution in [0.25, 0.3) is 0 Å². The number of nitrogens with zero attached hydrogens (tertiary/aromatic N) is 2. The average molecular weight is 535 g/mol. The van der Waals surface area contributed by atoms with Gasteiger partial charge in [-0.15, -0.1) is 0 Å². The van der Waals surface area contributed by atoms with Crippen LogP contribution >= 0.6 is 0 Å². The van der Waals surface area contributed by atoms with Gasteiger partial charge in [-0.1, -0.05) is 6.92 Å². The quantitative estimate of drug-likeness (QED) is 0.473. The highest BCUT2D eigenvalue weighted by Gasteiger charge is 2.34. The third kappa shape index (κ3) is 7.26. The van der Waals surface area contributed by atoms with Gasteiger partial charge in [0, 0.05) is 30.9 Å². The molecule has 0 radical (unpaired) electrons. The van der Waals surface area contributed by atoms with E-state index in [-0.39, 0.29) is 54.6 Å². The molecular formula is C25H34N4O7S. The summed E-state index contributed by atoms with van der Waals surface area (Å²) in [5.74, 6) is 0.355. The first-order valence-electron chi connectivity index (χ1n) is 11.8. The van der Waals surface area contributed by atoms with Gasteiger partial charge in [0.05, 0.1) is 38.1 Å². The van der Waals surface area contributed by atoms with Crippen molar-refractivity contribution in [3.63, 3.8) is 0 Å². The van der Waals surface area contributed by atoms with Crippen molar-refractivity contribution in [3.8, 4) is 11.5 Å². The van der Waals surface area contributed by atoms with Crippen molar-refractivity contribution in [3.05, 3.63) is 48.0 Å². The van der Waals surface area contributed by atoms with Gasteiger partial charge in [0.1, 0.15) is 17.6 Å². The largest absolute Gasteiger partial charge is 0.497 e. The first-order chi connectivity index (χ1) is 17.4. The molecule has 11 nitrogen and oxygen atoms in total. The van der Waals surface area contributed by atoms with Gasteiger partial charge in [-0.25, -0.2) is 13.2 Å². The second-order valence-corrected chi connectivity index (χ2v) is 11.0. The zero-order valence-corrected chi connectivity index (χ0v) is 22.4. The number of methoxy groups -OCH3 is 1. The third-order valence-electron chi connectivity index (χ3n) is 6.11. The molecule has 37 heavy (non-hydrogen) atoms. The molecule has 2 aromatic rings. The summed E-state index contributed by atoms with van der Waals surface area (Å²) in [5, 5.41) is 12.6. The SMILES string of the molecule is COc1ccc(NC(=O)N(C)C[C@H]2Oc3ccc(NS(C)(=O)=O)cc3C(=O)N([C@H](C)CO)C[C@H]2C)cc1. The van der Waals surface area contributed by atoms with Crippen molar-refractivity contribution >= 4 is 33.3 Å². The van der Waals surface area contributed by atoms with Crippen molar-refractivity contribution in [2.24, 2.45) is 5.92 Å². The number of hydrogen-bond acceptors (Lipinski definition) is 7. The summed E-state index contributed by atoms with van der Waals surface area (Å²) in [5.41, 5.74) is 0.987. The topological polar surface area (TPSA) is 138 Å². The number of urea groups is 1. The van der Waals surface area contributed by atoms with Crippen LogP contribution in [0.2, 0.25) is 0 Å². The number of aliphatic hydroxyl groups is 1. The molecule has 3 amide bonds. The molecule has 0 aliphatic carbocycles. The van der Waals surface area contributed by atoms with E-state index in [1.807, 2.05) is 6.92 Å². The van der Waals surface area contributed by atoms with E-state index in [4.69, 9.17) is 9.47 Å².